The number of rotatable bonds is 3. The molecule has 0 unspecified atom stereocenters. The van der Waals surface area contributed by atoms with Gasteiger partial charge in [-0.15, -0.1) is 0 Å². The molecule has 2 heterocycles. The summed E-state index contributed by atoms with van der Waals surface area (Å²) >= 11 is 0. The zero-order valence-electron chi connectivity index (χ0n) is 15.6. The molecule has 0 bridgehead atoms. The molecule has 2 fully saturated rings. The van der Waals surface area contributed by atoms with Gasteiger partial charge in [-0.2, -0.15) is 4.31 Å². The number of halogens is 2. The summed E-state index contributed by atoms with van der Waals surface area (Å²) in [5.74, 6) is -2.52. The number of piperidine rings is 1. The van der Waals surface area contributed by atoms with Gasteiger partial charge in [-0.05, 0) is 30.3 Å². The second-order valence-electron chi connectivity index (χ2n) is 7.11. The fraction of sp³-hybridized carbons (Fsp3) is 0.350. The molecule has 4 rings (SSSR count). The molecule has 2 aromatic carbocycles. The van der Waals surface area contributed by atoms with Gasteiger partial charge in [0.1, 0.15) is 5.72 Å². The first-order valence-corrected chi connectivity index (χ1v) is 10.7. The van der Waals surface area contributed by atoms with Crippen molar-refractivity contribution in [3.05, 3.63) is 65.7 Å². The van der Waals surface area contributed by atoms with Crippen LogP contribution in [0.15, 0.2) is 53.4 Å². The van der Waals surface area contributed by atoms with Crippen LogP contribution in [0.5, 0.6) is 0 Å². The van der Waals surface area contributed by atoms with Crippen LogP contribution in [0.1, 0.15) is 23.2 Å². The van der Waals surface area contributed by atoms with E-state index >= 15 is 0 Å². The van der Waals surface area contributed by atoms with E-state index in [1.54, 1.807) is 30.3 Å². The number of nitrogens with zero attached hydrogens (tertiary/aromatic N) is 2. The van der Waals surface area contributed by atoms with E-state index in [9.17, 15) is 22.0 Å². The SMILES string of the molecule is O=C(c1ccc(F)c(F)c1)N1CCC2(CC1)OCCN2S(=O)(=O)c1ccccc1. The summed E-state index contributed by atoms with van der Waals surface area (Å²) in [6.45, 7) is 1.02. The third kappa shape index (κ3) is 3.54. The van der Waals surface area contributed by atoms with Crippen LogP contribution in [-0.4, -0.2) is 55.5 Å². The molecule has 0 aromatic heterocycles. The average Bonchev–Trinajstić information content (AvgIpc) is 3.14. The number of sulfonamides is 1. The number of hydrogen-bond donors (Lipinski definition) is 0. The molecule has 0 radical (unpaired) electrons. The van der Waals surface area contributed by atoms with Crippen molar-refractivity contribution in [1.82, 2.24) is 9.21 Å². The van der Waals surface area contributed by atoms with E-state index in [4.69, 9.17) is 4.74 Å². The molecule has 154 valence electrons. The largest absolute Gasteiger partial charge is 0.358 e. The summed E-state index contributed by atoms with van der Waals surface area (Å²) in [5, 5.41) is 0. The summed E-state index contributed by atoms with van der Waals surface area (Å²) in [6.07, 6.45) is 0.600. The summed E-state index contributed by atoms with van der Waals surface area (Å²) in [7, 11) is -3.73. The predicted octanol–water partition coefficient (Wildman–Crippen LogP) is 2.62. The van der Waals surface area contributed by atoms with Gasteiger partial charge in [-0.3, -0.25) is 4.79 Å². The lowest BCUT2D eigenvalue weighted by atomic mass is 10.00. The molecule has 0 saturated carbocycles. The van der Waals surface area contributed by atoms with E-state index in [0.717, 1.165) is 12.1 Å². The normalized spacial score (nSPS) is 19.6. The maximum atomic E-state index is 13.5. The van der Waals surface area contributed by atoms with Crippen molar-refractivity contribution in [2.45, 2.75) is 23.5 Å². The van der Waals surface area contributed by atoms with Crippen molar-refractivity contribution in [1.29, 1.82) is 0 Å². The minimum Gasteiger partial charge on any atom is -0.358 e. The van der Waals surface area contributed by atoms with Gasteiger partial charge in [0.05, 0.1) is 11.5 Å². The number of likely N-dealkylation sites (tertiary alicyclic amines) is 1. The highest BCUT2D eigenvalue weighted by Gasteiger charge is 2.51. The predicted molar refractivity (Wildman–Crippen MR) is 101 cm³/mol. The second-order valence-corrected chi connectivity index (χ2v) is 8.97. The lowest BCUT2D eigenvalue weighted by molar-refractivity contribution is -0.0857. The first-order chi connectivity index (χ1) is 13.8. The number of ether oxygens (including phenoxy) is 1. The zero-order chi connectivity index (χ0) is 20.6. The Hall–Kier alpha value is -2.36. The van der Waals surface area contributed by atoms with Crippen LogP contribution in [0.4, 0.5) is 8.78 Å². The Bertz CT molecular complexity index is 1020. The van der Waals surface area contributed by atoms with Gasteiger partial charge in [0.15, 0.2) is 11.6 Å². The molecule has 6 nitrogen and oxygen atoms in total. The zero-order valence-corrected chi connectivity index (χ0v) is 16.4. The van der Waals surface area contributed by atoms with Crippen molar-refractivity contribution >= 4 is 15.9 Å². The molecule has 2 aliphatic rings. The van der Waals surface area contributed by atoms with Crippen molar-refractivity contribution in [2.24, 2.45) is 0 Å². The highest BCUT2D eigenvalue weighted by Crippen LogP contribution is 2.38. The Labute approximate surface area is 167 Å². The van der Waals surface area contributed by atoms with Crippen LogP contribution >= 0.6 is 0 Å². The van der Waals surface area contributed by atoms with Gasteiger partial charge < -0.3 is 9.64 Å². The third-order valence-electron chi connectivity index (χ3n) is 5.45. The van der Waals surface area contributed by atoms with Gasteiger partial charge >= 0.3 is 0 Å². The lowest BCUT2D eigenvalue weighted by Crippen LogP contribution is -2.55. The number of benzene rings is 2. The molecule has 1 amide bonds. The molecule has 0 atom stereocenters. The van der Waals surface area contributed by atoms with E-state index in [0.29, 0.717) is 12.8 Å². The van der Waals surface area contributed by atoms with Crippen LogP contribution in [0, 0.1) is 11.6 Å². The van der Waals surface area contributed by atoms with Crippen LogP contribution in [-0.2, 0) is 14.8 Å². The maximum Gasteiger partial charge on any atom is 0.253 e. The molecule has 2 aliphatic heterocycles. The first kappa shape index (κ1) is 19.9. The maximum absolute atomic E-state index is 13.5. The monoisotopic (exact) mass is 422 g/mol. The van der Waals surface area contributed by atoms with E-state index in [-0.39, 0.29) is 36.7 Å². The number of amides is 1. The topological polar surface area (TPSA) is 66.9 Å². The highest BCUT2D eigenvalue weighted by atomic mass is 32.2. The number of carbonyl (C=O) groups is 1. The molecule has 2 saturated heterocycles. The van der Waals surface area contributed by atoms with Gasteiger partial charge in [-0.25, -0.2) is 17.2 Å². The van der Waals surface area contributed by atoms with Crippen LogP contribution in [0.3, 0.4) is 0 Å². The van der Waals surface area contributed by atoms with Crippen molar-refractivity contribution < 1.29 is 26.7 Å². The van der Waals surface area contributed by atoms with E-state index in [1.165, 1.54) is 15.3 Å². The van der Waals surface area contributed by atoms with Crippen molar-refractivity contribution in [3.8, 4) is 0 Å². The van der Waals surface area contributed by atoms with E-state index < -0.39 is 33.3 Å². The third-order valence-corrected chi connectivity index (χ3v) is 7.41. The summed E-state index contributed by atoms with van der Waals surface area (Å²) in [4.78, 5) is 14.3. The number of hydrogen-bond acceptors (Lipinski definition) is 4. The Morgan fingerprint density at radius 2 is 1.66 bits per heavy atom. The summed E-state index contributed by atoms with van der Waals surface area (Å²) < 4.78 is 60.0. The molecule has 1 spiro atoms. The van der Waals surface area contributed by atoms with Crippen LogP contribution in [0.2, 0.25) is 0 Å². The average molecular weight is 422 g/mol. The molecule has 0 aliphatic carbocycles. The second kappa shape index (κ2) is 7.47. The number of carbonyl (C=O) groups excluding carboxylic acids is 1. The fourth-order valence-electron chi connectivity index (χ4n) is 3.92. The van der Waals surface area contributed by atoms with Crippen molar-refractivity contribution in [3.63, 3.8) is 0 Å². The Morgan fingerprint density at radius 1 is 0.966 bits per heavy atom. The summed E-state index contributed by atoms with van der Waals surface area (Å²) in [6, 6.07) is 11.2. The Balaban J connectivity index is 1.51. The molecular weight excluding hydrogens is 402 g/mol. The van der Waals surface area contributed by atoms with E-state index in [1.807, 2.05) is 0 Å². The van der Waals surface area contributed by atoms with E-state index in [2.05, 4.69) is 0 Å². The molecular formula is C20H20F2N2O4S. The van der Waals surface area contributed by atoms with Crippen LogP contribution < -0.4 is 0 Å². The Morgan fingerprint density at radius 3 is 2.31 bits per heavy atom. The standard InChI is InChI=1S/C20H20F2N2O4S/c21-17-7-6-15(14-18(17)22)19(25)23-10-8-20(9-11-23)24(12-13-28-20)29(26,27)16-4-2-1-3-5-16/h1-7,14H,8-13H2. The smallest absolute Gasteiger partial charge is 0.253 e. The van der Waals surface area contributed by atoms with Gasteiger partial charge in [0.2, 0.25) is 10.0 Å². The quantitative estimate of drug-likeness (QED) is 0.763. The first-order valence-electron chi connectivity index (χ1n) is 9.30. The highest BCUT2D eigenvalue weighted by molar-refractivity contribution is 7.89. The molecule has 9 heteroatoms. The molecule has 0 N–H and O–H groups in total. The molecule has 2 aromatic rings. The van der Waals surface area contributed by atoms with Gasteiger partial charge in [0.25, 0.3) is 5.91 Å². The minimum atomic E-state index is -3.73. The Kier molecular flexibility index (Phi) is 5.14. The van der Waals surface area contributed by atoms with Gasteiger partial charge in [-0.1, -0.05) is 18.2 Å². The lowest BCUT2D eigenvalue weighted by Gasteiger charge is -2.42. The van der Waals surface area contributed by atoms with Crippen molar-refractivity contribution in [2.75, 3.05) is 26.2 Å². The summed E-state index contributed by atoms with van der Waals surface area (Å²) in [5.41, 5.74) is -0.944. The molecule has 29 heavy (non-hydrogen) atoms. The fourth-order valence-corrected chi connectivity index (χ4v) is 5.66. The van der Waals surface area contributed by atoms with Crippen LogP contribution in [0.25, 0.3) is 0 Å². The van der Waals surface area contributed by atoms with Gasteiger partial charge in [0, 0.05) is 38.0 Å². The minimum absolute atomic E-state index is 0.0564.